The van der Waals surface area contributed by atoms with Crippen LogP contribution in [-0.4, -0.2) is 17.3 Å². The number of unbranched alkanes of at least 4 members (excludes halogenated alkanes) is 1. The van der Waals surface area contributed by atoms with Crippen LogP contribution in [0.15, 0.2) is 72.9 Å². The van der Waals surface area contributed by atoms with Gasteiger partial charge in [0, 0.05) is 17.5 Å². The highest BCUT2D eigenvalue weighted by Gasteiger charge is 2.01. The van der Waals surface area contributed by atoms with E-state index in [0.29, 0.717) is 5.56 Å². The van der Waals surface area contributed by atoms with Crippen molar-refractivity contribution >= 4 is 12.3 Å². The number of rotatable bonds is 5. The minimum Gasteiger partial charge on any atom is -0.372 e. The molecule has 5 nitrogen and oxygen atoms in total. The molecular weight excluding hydrogens is 362 g/mol. The first-order valence-corrected chi connectivity index (χ1v) is 9.54. The second-order valence-corrected chi connectivity index (χ2v) is 6.37. The first kappa shape index (κ1) is 23.6. The Hall–Kier alpha value is -3.47. The Kier molecular flexibility index (Phi) is 11.1. The van der Waals surface area contributed by atoms with E-state index in [1.165, 1.54) is 16.7 Å². The van der Waals surface area contributed by atoms with E-state index in [9.17, 15) is 4.79 Å². The molecule has 3 aromatic rings. The van der Waals surface area contributed by atoms with Gasteiger partial charge >= 0.3 is 0 Å². The molecule has 152 valence electrons. The fourth-order valence-electron chi connectivity index (χ4n) is 2.50. The van der Waals surface area contributed by atoms with Crippen molar-refractivity contribution in [1.82, 2.24) is 4.98 Å². The molecule has 5 heteroatoms. The van der Waals surface area contributed by atoms with Gasteiger partial charge in [-0.05, 0) is 43.0 Å². The molecule has 0 aliphatic rings. The van der Waals surface area contributed by atoms with Gasteiger partial charge < -0.3 is 11.5 Å². The van der Waals surface area contributed by atoms with Crippen molar-refractivity contribution in [3.05, 3.63) is 89.7 Å². The molecule has 3 rings (SSSR count). The third-order valence-electron chi connectivity index (χ3n) is 4.05. The van der Waals surface area contributed by atoms with Gasteiger partial charge in [-0.15, -0.1) is 0 Å². The van der Waals surface area contributed by atoms with E-state index in [0.717, 1.165) is 25.0 Å². The smallest absolute Gasteiger partial charge is 0.248 e. The van der Waals surface area contributed by atoms with Gasteiger partial charge in [0.2, 0.25) is 12.3 Å². The standard InChI is InChI=1S/C13H12.C10H14N2O.CH3NO/c1-11-7-9-13(10-8-11)12-5-3-2-4-6-12;1-2-3-4-9-7-8(10(11)13)5-6-12-9;2-1-3/h2-10H,1H3;5-7H,2-4H2,1H3,(H2,11,13);1H,(H2,2,3). The molecule has 2 amide bonds. The normalized spacial score (nSPS) is 9.31. The number of nitrogens with zero attached hydrogens (tertiary/aromatic N) is 1. The van der Waals surface area contributed by atoms with E-state index in [-0.39, 0.29) is 12.3 Å². The Morgan fingerprint density at radius 2 is 1.59 bits per heavy atom. The van der Waals surface area contributed by atoms with E-state index >= 15 is 0 Å². The number of nitrogens with two attached hydrogens (primary N) is 2. The Bertz CT molecular complexity index is 863. The van der Waals surface area contributed by atoms with Gasteiger partial charge in [0.05, 0.1) is 0 Å². The minimum atomic E-state index is -0.389. The van der Waals surface area contributed by atoms with Crippen molar-refractivity contribution in [2.75, 3.05) is 0 Å². The quantitative estimate of drug-likeness (QED) is 0.635. The Labute approximate surface area is 172 Å². The lowest BCUT2D eigenvalue weighted by Crippen LogP contribution is -2.11. The second-order valence-electron chi connectivity index (χ2n) is 6.37. The third kappa shape index (κ3) is 9.33. The zero-order chi connectivity index (χ0) is 21.5. The van der Waals surface area contributed by atoms with Gasteiger partial charge in [-0.1, -0.05) is 73.5 Å². The summed E-state index contributed by atoms with van der Waals surface area (Å²) in [6, 6.07) is 22.4. The largest absolute Gasteiger partial charge is 0.372 e. The summed E-state index contributed by atoms with van der Waals surface area (Å²) < 4.78 is 0. The van der Waals surface area contributed by atoms with Crippen LogP contribution in [0.1, 0.15) is 41.4 Å². The molecule has 1 aromatic heterocycles. The van der Waals surface area contributed by atoms with Crippen molar-refractivity contribution in [3.63, 3.8) is 0 Å². The molecule has 0 unspecified atom stereocenters. The summed E-state index contributed by atoms with van der Waals surface area (Å²) in [7, 11) is 0. The van der Waals surface area contributed by atoms with Gasteiger partial charge in [-0.2, -0.15) is 0 Å². The fraction of sp³-hybridized carbons (Fsp3) is 0.208. The Balaban J connectivity index is 0.000000256. The van der Waals surface area contributed by atoms with E-state index in [2.05, 4.69) is 73.1 Å². The van der Waals surface area contributed by atoms with E-state index in [1.54, 1.807) is 18.3 Å². The highest BCUT2D eigenvalue weighted by Crippen LogP contribution is 2.18. The topological polar surface area (TPSA) is 99.1 Å². The van der Waals surface area contributed by atoms with Crippen LogP contribution in [-0.2, 0) is 11.2 Å². The molecule has 0 fully saturated rings. The zero-order valence-corrected chi connectivity index (χ0v) is 17.0. The van der Waals surface area contributed by atoms with Gasteiger partial charge in [0.1, 0.15) is 0 Å². The molecule has 0 spiro atoms. The van der Waals surface area contributed by atoms with Crippen LogP contribution in [0.5, 0.6) is 0 Å². The molecule has 0 radical (unpaired) electrons. The van der Waals surface area contributed by atoms with Crippen LogP contribution in [0.2, 0.25) is 0 Å². The average Bonchev–Trinajstić information content (AvgIpc) is 2.75. The highest BCUT2D eigenvalue weighted by molar-refractivity contribution is 5.92. The predicted molar refractivity (Wildman–Crippen MR) is 118 cm³/mol. The summed E-state index contributed by atoms with van der Waals surface area (Å²) in [6.45, 7) is 4.23. The first-order chi connectivity index (χ1) is 14.0. The zero-order valence-electron chi connectivity index (χ0n) is 17.0. The van der Waals surface area contributed by atoms with E-state index in [4.69, 9.17) is 10.5 Å². The van der Waals surface area contributed by atoms with Gasteiger partial charge in [-0.3, -0.25) is 14.6 Å². The van der Waals surface area contributed by atoms with Crippen LogP contribution in [0, 0.1) is 6.92 Å². The maximum atomic E-state index is 10.8. The summed E-state index contributed by atoms with van der Waals surface area (Å²) in [5, 5.41) is 0. The van der Waals surface area contributed by atoms with Crippen LogP contribution in [0.3, 0.4) is 0 Å². The van der Waals surface area contributed by atoms with Crippen molar-refractivity contribution in [3.8, 4) is 11.1 Å². The Morgan fingerprint density at radius 3 is 2.14 bits per heavy atom. The molecule has 0 atom stereocenters. The van der Waals surface area contributed by atoms with Crippen LogP contribution < -0.4 is 11.5 Å². The number of hydrogen-bond acceptors (Lipinski definition) is 3. The average molecular weight is 392 g/mol. The van der Waals surface area contributed by atoms with Crippen LogP contribution in [0.4, 0.5) is 0 Å². The number of aryl methyl sites for hydroxylation is 2. The number of primary amides is 2. The molecule has 0 aliphatic heterocycles. The molecule has 29 heavy (non-hydrogen) atoms. The summed E-state index contributed by atoms with van der Waals surface area (Å²) in [4.78, 5) is 23.6. The van der Waals surface area contributed by atoms with Gasteiger partial charge in [-0.25, -0.2) is 0 Å². The molecule has 2 aromatic carbocycles. The lowest BCUT2D eigenvalue weighted by Gasteiger charge is -2.00. The maximum absolute atomic E-state index is 10.8. The number of benzene rings is 2. The third-order valence-corrected chi connectivity index (χ3v) is 4.05. The lowest BCUT2D eigenvalue weighted by molar-refractivity contribution is -0.106. The van der Waals surface area contributed by atoms with Gasteiger partial charge in [0.25, 0.3) is 0 Å². The molecular formula is C24H29N3O2. The van der Waals surface area contributed by atoms with Crippen LogP contribution >= 0.6 is 0 Å². The number of hydrogen-bond donors (Lipinski definition) is 2. The summed E-state index contributed by atoms with van der Waals surface area (Å²) >= 11 is 0. The van der Waals surface area contributed by atoms with Gasteiger partial charge in [0.15, 0.2) is 0 Å². The van der Waals surface area contributed by atoms with Crippen molar-refractivity contribution < 1.29 is 9.59 Å². The van der Waals surface area contributed by atoms with E-state index in [1.807, 2.05) is 6.07 Å². The van der Waals surface area contributed by atoms with Crippen molar-refractivity contribution in [1.29, 1.82) is 0 Å². The lowest BCUT2D eigenvalue weighted by atomic mass is 10.0. The Morgan fingerprint density at radius 1 is 1.00 bits per heavy atom. The molecule has 0 aliphatic carbocycles. The van der Waals surface area contributed by atoms with Crippen molar-refractivity contribution in [2.24, 2.45) is 11.5 Å². The number of amides is 2. The monoisotopic (exact) mass is 391 g/mol. The predicted octanol–water partition coefficient (Wildman–Crippen LogP) is 4.29. The summed E-state index contributed by atoms with van der Waals surface area (Å²) in [6.07, 6.45) is 5.01. The number of pyridine rings is 1. The molecule has 1 heterocycles. The van der Waals surface area contributed by atoms with E-state index < -0.39 is 0 Å². The summed E-state index contributed by atoms with van der Waals surface area (Å²) in [5.74, 6) is -0.389. The SMILES string of the molecule is CCCCc1cc(C(N)=O)ccn1.Cc1ccc(-c2ccccc2)cc1.NC=O. The number of carbonyl (C=O) groups is 2. The molecule has 0 saturated carbocycles. The molecule has 0 bridgehead atoms. The number of aromatic nitrogens is 1. The minimum absolute atomic E-state index is 0.250. The fourth-order valence-corrected chi connectivity index (χ4v) is 2.50. The highest BCUT2D eigenvalue weighted by atomic mass is 16.1. The summed E-state index contributed by atoms with van der Waals surface area (Å²) in [5.41, 5.74) is 14.7. The maximum Gasteiger partial charge on any atom is 0.248 e. The van der Waals surface area contributed by atoms with Crippen molar-refractivity contribution in [2.45, 2.75) is 33.1 Å². The molecule has 4 N–H and O–H groups in total. The second kappa shape index (κ2) is 13.7. The molecule has 0 saturated heterocycles. The first-order valence-electron chi connectivity index (χ1n) is 9.54. The van der Waals surface area contributed by atoms with Crippen LogP contribution in [0.25, 0.3) is 11.1 Å². The number of carbonyl (C=O) groups excluding carboxylic acids is 2.